The Kier molecular flexibility index (Phi) is 3.71. The molecule has 6 nitrogen and oxygen atoms in total. The van der Waals surface area contributed by atoms with E-state index in [-0.39, 0.29) is 19.3 Å². The molecule has 14 heavy (non-hydrogen) atoms. The Balaban J connectivity index is 2.60. The van der Waals surface area contributed by atoms with E-state index in [4.69, 9.17) is 9.45 Å². The predicted molar refractivity (Wildman–Crippen MR) is 49.6 cm³/mol. The van der Waals surface area contributed by atoms with Crippen LogP contribution in [0.25, 0.3) is 0 Å². The normalized spacial score (nSPS) is 25.3. The maximum atomic E-state index is 10.7. The van der Waals surface area contributed by atoms with Gasteiger partial charge in [-0.1, -0.05) is 0 Å². The van der Waals surface area contributed by atoms with Gasteiger partial charge in [0.15, 0.2) is 0 Å². The van der Waals surface area contributed by atoms with Crippen molar-refractivity contribution in [3.8, 4) is 0 Å². The van der Waals surface area contributed by atoms with E-state index in [1.54, 1.807) is 0 Å². The molecule has 1 aliphatic carbocycles. The molecule has 0 heterocycles. The highest BCUT2D eigenvalue weighted by Crippen LogP contribution is 2.29. The van der Waals surface area contributed by atoms with Gasteiger partial charge >= 0.3 is 8.25 Å². The molecule has 0 saturated heterocycles. The summed E-state index contributed by atoms with van der Waals surface area (Å²) in [7, 11) is -7.03. The molecule has 1 rings (SSSR count). The number of rotatable bonds is 3. The van der Waals surface area contributed by atoms with Crippen molar-refractivity contribution < 1.29 is 27.0 Å². The smallest absolute Gasteiger partial charge is 0.364 e. The molecule has 0 aromatic carbocycles. The van der Waals surface area contributed by atoms with Crippen LogP contribution in [0.2, 0.25) is 0 Å². The van der Waals surface area contributed by atoms with Crippen LogP contribution in [0.3, 0.4) is 0 Å². The van der Waals surface area contributed by atoms with Crippen molar-refractivity contribution >= 4 is 18.4 Å². The van der Waals surface area contributed by atoms with Crippen LogP contribution < -0.4 is 0 Å². The number of hydrogen-bond donors (Lipinski definition) is 2. The molecular formula is C6H11O6PS. The molecule has 0 radical (unpaired) electrons. The van der Waals surface area contributed by atoms with E-state index in [1.165, 1.54) is 6.08 Å². The monoisotopic (exact) mass is 242 g/mol. The molecule has 82 valence electrons. The average Bonchev–Trinajstić information content (AvgIpc) is 2.02. The minimum Gasteiger partial charge on any atom is -0.431 e. The second-order valence-electron chi connectivity index (χ2n) is 2.95. The molecule has 0 aliphatic heterocycles. The highest BCUT2D eigenvalue weighted by molar-refractivity contribution is 7.86. The van der Waals surface area contributed by atoms with Gasteiger partial charge in [0.05, 0.1) is 5.25 Å². The fourth-order valence-corrected chi connectivity index (χ4v) is 2.43. The first-order valence-corrected chi connectivity index (χ1v) is 6.72. The van der Waals surface area contributed by atoms with E-state index in [9.17, 15) is 13.0 Å². The molecule has 2 N–H and O–H groups in total. The summed E-state index contributed by atoms with van der Waals surface area (Å²) >= 11 is 0. The SMILES string of the molecule is O=[PH](O)OC1=CCC(S(=O)(=O)O)CC1. The van der Waals surface area contributed by atoms with Gasteiger partial charge in [-0.2, -0.15) is 8.42 Å². The van der Waals surface area contributed by atoms with Crippen molar-refractivity contribution in [2.24, 2.45) is 0 Å². The number of allylic oxidation sites excluding steroid dienone is 2. The van der Waals surface area contributed by atoms with Gasteiger partial charge in [-0.15, -0.1) is 0 Å². The Morgan fingerprint density at radius 2 is 2.21 bits per heavy atom. The quantitative estimate of drug-likeness (QED) is 0.558. The summed E-state index contributed by atoms with van der Waals surface area (Å²) in [5, 5.41) is -0.823. The van der Waals surface area contributed by atoms with E-state index >= 15 is 0 Å². The van der Waals surface area contributed by atoms with Crippen LogP contribution in [-0.2, 0) is 19.2 Å². The van der Waals surface area contributed by atoms with Crippen molar-refractivity contribution in [2.45, 2.75) is 24.5 Å². The summed E-state index contributed by atoms with van der Waals surface area (Å²) in [5.74, 6) is 0.316. The number of hydrogen-bond acceptors (Lipinski definition) is 4. The Labute approximate surface area is 82.3 Å². The topological polar surface area (TPSA) is 101 Å². The summed E-state index contributed by atoms with van der Waals surface area (Å²) in [6, 6.07) is 0. The first-order valence-electron chi connectivity index (χ1n) is 3.95. The maximum absolute atomic E-state index is 10.7. The van der Waals surface area contributed by atoms with Crippen LogP contribution in [0.4, 0.5) is 0 Å². The summed E-state index contributed by atoms with van der Waals surface area (Å²) in [6.07, 6.45) is 1.99. The minimum absolute atomic E-state index is 0.114. The van der Waals surface area contributed by atoms with Gasteiger partial charge in [0, 0.05) is 6.42 Å². The molecule has 0 spiro atoms. The van der Waals surface area contributed by atoms with Crippen LogP contribution in [0.15, 0.2) is 11.8 Å². The van der Waals surface area contributed by atoms with Crippen LogP contribution in [-0.4, -0.2) is 23.1 Å². The molecule has 0 amide bonds. The second kappa shape index (κ2) is 4.44. The minimum atomic E-state index is -4.01. The van der Waals surface area contributed by atoms with Crippen molar-refractivity contribution in [1.82, 2.24) is 0 Å². The lowest BCUT2D eigenvalue weighted by atomic mass is 10.1. The highest BCUT2D eigenvalue weighted by atomic mass is 32.2. The first-order chi connectivity index (χ1) is 6.39. The average molecular weight is 242 g/mol. The third-order valence-corrected chi connectivity index (χ3v) is 3.67. The van der Waals surface area contributed by atoms with Crippen molar-refractivity contribution in [2.75, 3.05) is 0 Å². The Bertz CT molecular complexity index is 359. The van der Waals surface area contributed by atoms with Crippen LogP contribution >= 0.6 is 8.25 Å². The van der Waals surface area contributed by atoms with Gasteiger partial charge in [-0.05, 0) is 18.9 Å². The third-order valence-electron chi connectivity index (χ3n) is 1.96. The first kappa shape index (κ1) is 11.7. The molecule has 8 heteroatoms. The van der Waals surface area contributed by atoms with Gasteiger partial charge < -0.3 is 9.42 Å². The van der Waals surface area contributed by atoms with Gasteiger partial charge in [0.2, 0.25) is 0 Å². The summed E-state index contributed by atoms with van der Waals surface area (Å²) in [4.78, 5) is 8.45. The van der Waals surface area contributed by atoms with Gasteiger partial charge in [0.1, 0.15) is 5.76 Å². The zero-order chi connectivity index (χ0) is 10.8. The third kappa shape index (κ3) is 3.42. The molecule has 0 fully saturated rings. The van der Waals surface area contributed by atoms with Crippen molar-refractivity contribution in [1.29, 1.82) is 0 Å². The molecule has 0 bridgehead atoms. The van der Waals surface area contributed by atoms with Crippen molar-refractivity contribution in [3.05, 3.63) is 11.8 Å². The highest BCUT2D eigenvalue weighted by Gasteiger charge is 2.26. The molecule has 2 unspecified atom stereocenters. The van der Waals surface area contributed by atoms with E-state index < -0.39 is 23.6 Å². The summed E-state index contributed by atoms with van der Waals surface area (Å²) < 4.78 is 44.9. The lowest BCUT2D eigenvalue weighted by Crippen LogP contribution is -2.22. The van der Waals surface area contributed by atoms with E-state index in [1.807, 2.05) is 0 Å². The van der Waals surface area contributed by atoms with Crippen LogP contribution in [0.1, 0.15) is 19.3 Å². The summed E-state index contributed by atoms with van der Waals surface area (Å²) in [5.41, 5.74) is 0. The molecular weight excluding hydrogens is 231 g/mol. The van der Waals surface area contributed by atoms with E-state index in [0.717, 1.165) is 0 Å². The van der Waals surface area contributed by atoms with E-state index in [0.29, 0.717) is 5.76 Å². The fraction of sp³-hybridized carbons (Fsp3) is 0.667. The zero-order valence-electron chi connectivity index (χ0n) is 7.21. The maximum Gasteiger partial charge on any atom is 0.364 e. The van der Waals surface area contributed by atoms with Gasteiger partial charge in [0.25, 0.3) is 10.1 Å². The summed E-state index contributed by atoms with van der Waals surface area (Å²) in [6.45, 7) is 0. The molecule has 0 saturated carbocycles. The largest absolute Gasteiger partial charge is 0.431 e. The molecule has 2 atom stereocenters. The van der Waals surface area contributed by atoms with Crippen LogP contribution in [0, 0.1) is 0 Å². The Hall–Kier alpha value is -0.360. The van der Waals surface area contributed by atoms with Crippen molar-refractivity contribution in [3.63, 3.8) is 0 Å². The Morgan fingerprint density at radius 3 is 2.57 bits per heavy atom. The fourth-order valence-electron chi connectivity index (χ4n) is 1.26. The van der Waals surface area contributed by atoms with E-state index in [2.05, 4.69) is 4.52 Å². The van der Waals surface area contributed by atoms with Gasteiger partial charge in [-0.3, -0.25) is 4.55 Å². The molecule has 0 aromatic rings. The lowest BCUT2D eigenvalue weighted by Gasteiger charge is -2.18. The lowest BCUT2D eigenvalue weighted by molar-refractivity contribution is 0.330. The second-order valence-corrected chi connectivity index (χ2v) is 5.38. The van der Waals surface area contributed by atoms with Crippen LogP contribution in [0.5, 0.6) is 0 Å². The zero-order valence-corrected chi connectivity index (χ0v) is 9.03. The molecule has 1 aliphatic rings. The predicted octanol–water partition coefficient (Wildman–Crippen LogP) is 0.709. The Morgan fingerprint density at radius 1 is 1.57 bits per heavy atom. The standard InChI is InChI=1S/C6H11O6PS/c7-13(8)12-5-1-3-6(4-2-5)14(9,10)11/h1,6,13H,2-4H2,(H,7,8)(H,9,10,11). The molecule has 0 aromatic heterocycles. The van der Waals surface area contributed by atoms with Gasteiger partial charge in [-0.25, -0.2) is 4.57 Å².